The zero-order valence-corrected chi connectivity index (χ0v) is 8.97. The lowest BCUT2D eigenvalue weighted by Crippen LogP contribution is -2.41. The van der Waals surface area contributed by atoms with E-state index < -0.39 is 0 Å². The molecule has 2 atom stereocenters. The second kappa shape index (κ2) is 3.58. The summed E-state index contributed by atoms with van der Waals surface area (Å²) in [6, 6.07) is 0. The fraction of sp³-hybridized carbons (Fsp3) is 1.00. The van der Waals surface area contributed by atoms with Gasteiger partial charge in [-0.2, -0.15) is 0 Å². The van der Waals surface area contributed by atoms with Crippen LogP contribution in [0.4, 0.5) is 0 Å². The molecule has 2 saturated heterocycles. The molecular formula is C11H22N2. The van der Waals surface area contributed by atoms with Crippen LogP contribution in [-0.4, -0.2) is 38.1 Å². The molecule has 2 fully saturated rings. The standard InChI is InChI=1S/C11H22N2/c1-11(5-6-12-9-11)10-4-3-7-13(2)8-10/h10,12H,3-9H2,1-2H3. The largest absolute Gasteiger partial charge is 0.316 e. The molecule has 76 valence electrons. The van der Waals surface area contributed by atoms with Gasteiger partial charge in [0.25, 0.3) is 0 Å². The van der Waals surface area contributed by atoms with Crippen molar-refractivity contribution in [3.05, 3.63) is 0 Å². The van der Waals surface area contributed by atoms with Crippen molar-refractivity contribution >= 4 is 0 Å². The summed E-state index contributed by atoms with van der Waals surface area (Å²) < 4.78 is 0. The van der Waals surface area contributed by atoms with Gasteiger partial charge in [0.15, 0.2) is 0 Å². The Hall–Kier alpha value is -0.0800. The first kappa shape index (κ1) is 9.47. The van der Waals surface area contributed by atoms with Crippen LogP contribution in [0.3, 0.4) is 0 Å². The number of piperidine rings is 1. The molecule has 2 heteroatoms. The monoisotopic (exact) mass is 182 g/mol. The molecule has 2 rings (SSSR count). The van der Waals surface area contributed by atoms with Gasteiger partial charge in [-0.25, -0.2) is 0 Å². The summed E-state index contributed by atoms with van der Waals surface area (Å²) in [7, 11) is 2.26. The van der Waals surface area contributed by atoms with Crippen LogP contribution >= 0.6 is 0 Å². The fourth-order valence-corrected chi connectivity index (χ4v) is 2.92. The number of hydrogen-bond donors (Lipinski definition) is 1. The van der Waals surface area contributed by atoms with Crippen molar-refractivity contribution in [1.82, 2.24) is 10.2 Å². The molecule has 1 N–H and O–H groups in total. The predicted molar refractivity (Wildman–Crippen MR) is 55.8 cm³/mol. The van der Waals surface area contributed by atoms with E-state index in [-0.39, 0.29) is 0 Å². The first-order chi connectivity index (χ1) is 6.21. The molecule has 0 aromatic heterocycles. The minimum absolute atomic E-state index is 0.592. The Morgan fingerprint density at radius 3 is 2.92 bits per heavy atom. The summed E-state index contributed by atoms with van der Waals surface area (Å²) in [5, 5.41) is 3.51. The molecule has 2 nitrogen and oxygen atoms in total. The van der Waals surface area contributed by atoms with E-state index >= 15 is 0 Å². The van der Waals surface area contributed by atoms with Crippen molar-refractivity contribution in [2.45, 2.75) is 26.2 Å². The van der Waals surface area contributed by atoms with Crippen LogP contribution < -0.4 is 5.32 Å². The van der Waals surface area contributed by atoms with Crippen LogP contribution in [0.15, 0.2) is 0 Å². The average Bonchev–Trinajstić information content (AvgIpc) is 2.54. The number of hydrogen-bond acceptors (Lipinski definition) is 2. The van der Waals surface area contributed by atoms with E-state index in [1.165, 1.54) is 45.4 Å². The summed E-state index contributed by atoms with van der Waals surface area (Å²) in [5.41, 5.74) is 0.592. The normalized spacial score (nSPS) is 42.5. The first-order valence-corrected chi connectivity index (χ1v) is 5.60. The van der Waals surface area contributed by atoms with Gasteiger partial charge in [-0.1, -0.05) is 6.92 Å². The van der Waals surface area contributed by atoms with Crippen molar-refractivity contribution < 1.29 is 0 Å². The minimum Gasteiger partial charge on any atom is -0.316 e. The Kier molecular flexibility index (Phi) is 2.61. The lowest BCUT2D eigenvalue weighted by molar-refractivity contribution is 0.105. The SMILES string of the molecule is CN1CCCC(C2(C)CCNC2)C1. The third kappa shape index (κ3) is 1.89. The summed E-state index contributed by atoms with van der Waals surface area (Å²) >= 11 is 0. The van der Waals surface area contributed by atoms with Gasteiger partial charge in [0.1, 0.15) is 0 Å². The number of nitrogens with zero attached hydrogens (tertiary/aromatic N) is 1. The van der Waals surface area contributed by atoms with Crippen LogP contribution in [0.2, 0.25) is 0 Å². The van der Waals surface area contributed by atoms with Crippen LogP contribution in [0.25, 0.3) is 0 Å². The molecule has 0 amide bonds. The number of rotatable bonds is 1. The molecule has 2 heterocycles. The quantitative estimate of drug-likeness (QED) is 0.658. The van der Waals surface area contributed by atoms with E-state index in [0.717, 1.165) is 5.92 Å². The highest BCUT2D eigenvalue weighted by Gasteiger charge is 2.38. The maximum Gasteiger partial charge on any atom is 0.00123 e. The van der Waals surface area contributed by atoms with Crippen molar-refractivity contribution in [3.8, 4) is 0 Å². The van der Waals surface area contributed by atoms with Crippen LogP contribution in [0, 0.1) is 11.3 Å². The van der Waals surface area contributed by atoms with Gasteiger partial charge in [0.2, 0.25) is 0 Å². The van der Waals surface area contributed by atoms with Gasteiger partial charge in [0.05, 0.1) is 0 Å². The van der Waals surface area contributed by atoms with E-state index in [1.807, 2.05) is 0 Å². The summed E-state index contributed by atoms with van der Waals surface area (Å²) in [5.74, 6) is 0.932. The second-order valence-electron chi connectivity index (χ2n) is 5.18. The number of nitrogens with one attached hydrogen (secondary N) is 1. The van der Waals surface area contributed by atoms with Gasteiger partial charge in [-0.15, -0.1) is 0 Å². The first-order valence-electron chi connectivity index (χ1n) is 5.60. The molecule has 2 aliphatic heterocycles. The van der Waals surface area contributed by atoms with Crippen LogP contribution in [0.5, 0.6) is 0 Å². The molecule has 0 aromatic rings. The highest BCUT2D eigenvalue weighted by atomic mass is 15.1. The minimum atomic E-state index is 0.592. The Labute approximate surface area is 81.7 Å². The Bertz CT molecular complexity index is 173. The second-order valence-corrected chi connectivity index (χ2v) is 5.18. The lowest BCUT2D eigenvalue weighted by atomic mass is 9.72. The van der Waals surface area contributed by atoms with Gasteiger partial charge in [0, 0.05) is 13.1 Å². The molecule has 0 bridgehead atoms. The van der Waals surface area contributed by atoms with E-state index in [1.54, 1.807) is 0 Å². The summed E-state index contributed by atoms with van der Waals surface area (Å²) in [6.45, 7) is 7.57. The van der Waals surface area contributed by atoms with Crippen molar-refractivity contribution in [1.29, 1.82) is 0 Å². The average molecular weight is 182 g/mol. The fourth-order valence-electron chi connectivity index (χ4n) is 2.92. The topological polar surface area (TPSA) is 15.3 Å². The highest BCUT2D eigenvalue weighted by Crippen LogP contribution is 2.38. The molecular weight excluding hydrogens is 160 g/mol. The molecule has 0 aromatic carbocycles. The molecule has 0 spiro atoms. The Morgan fingerprint density at radius 1 is 1.46 bits per heavy atom. The van der Waals surface area contributed by atoms with E-state index in [4.69, 9.17) is 0 Å². The third-order valence-corrected chi connectivity index (χ3v) is 4.01. The maximum absolute atomic E-state index is 3.51. The molecule has 2 unspecified atom stereocenters. The zero-order chi connectivity index (χ0) is 9.31. The van der Waals surface area contributed by atoms with Crippen molar-refractivity contribution in [2.75, 3.05) is 33.2 Å². The van der Waals surface area contributed by atoms with Gasteiger partial charge in [-0.3, -0.25) is 0 Å². The Morgan fingerprint density at radius 2 is 2.31 bits per heavy atom. The predicted octanol–water partition coefficient (Wildman–Crippen LogP) is 1.33. The molecule has 2 aliphatic rings. The van der Waals surface area contributed by atoms with Crippen molar-refractivity contribution in [3.63, 3.8) is 0 Å². The maximum atomic E-state index is 3.51. The summed E-state index contributed by atoms with van der Waals surface area (Å²) in [4.78, 5) is 2.50. The highest BCUT2D eigenvalue weighted by molar-refractivity contribution is 4.92. The Balaban J connectivity index is 1.98. The van der Waals surface area contributed by atoms with Crippen molar-refractivity contribution in [2.24, 2.45) is 11.3 Å². The smallest absolute Gasteiger partial charge is 0.00123 e. The molecule has 13 heavy (non-hydrogen) atoms. The van der Waals surface area contributed by atoms with Crippen LogP contribution in [0.1, 0.15) is 26.2 Å². The molecule has 0 saturated carbocycles. The molecule has 0 radical (unpaired) electrons. The van der Waals surface area contributed by atoms with Gasteiger partial charge < -0.3 is 10.2 Å². The van der Waals surface area contributed by atoms with Gasteiger partial charge in [-0.05, 0) is 50.7 Å². The summed E-state index contributed by atoms with van der Waals surface area (Å²) in [6.07, 6.45) is 4.23. The zero-order valence-electron chi connectivity index (χ0n) is 8.97. The third-order valence-electron chi connectivity index (χ3n) is 4.01. The number of likely N-dealkylation sites (tertiary alicyclic amines) is 1. The van der Waals surface area contributed by atoms with Gasteiger partial charge >= 0.3 is 0 Å². The molecule has 0 aliphatic carbocycles. The van der Waals surface area contributed by atoms with E-state index in [2.05, 4.69) is 24.2 Å². The van der Waals surface area contributed by atoms with E-state index in [0.29, 0.717) is 5.41 Å². The van der Waals surface area contributed by atoms with E-state index in [9.17, 15) is 0 Å². The van der Waals surface area contributed by atoms with Crippen LogP contribution in [-0.2, 0) is 0 Å². The lowest BCUT2D eigenvalue weighted by Gasteiger charge is -2.39.